The van der Waals surface area contributed by atoms with Crippen LogP contribution in [-0.4, -0.2) is 18.4 Å². The van der Waals surface area contributed by atoms with Crippen LogP contribution in [0, 0.1) is 11.3 Å². The van der Waals surface area contributed by atoms with E-state index >= 15 is 0 Å². The highest BCUT2D eigenvalue weighted by atomic mass is 16.1. The van der Waals surface area contributed by atoms with E-state index in [4.69, 9.17) is 5.26 Å². The van der Waals surface area contributed by atoms with Gasteiger partial charge in [0.15, 0.2) is 0 Å². The molecular formula is C14H24N2O. The fourth-order valence-corrected chi connectivity index (χ4v) is 0.855. The molecule has 0 saturated carbocycles. The number of hydrogen-bond donors (Lipinski definition) is 1. The van der Waals surface area contributed by atoms with Crippen molar-refractivity contribution in [2.75, 3.05) is 6.54 Å². The normalized spacial score (nSPS) is 11.6. The van der Waals surface area contributed by atoms with Crippen LogP contribution in [0.1, 0.15) is 41.5 Å². The maximum absolute atomic E-state index is 10.9. The molecule has 17 heavy (non-hydrogen) atoms. The number of carbonyl (C=O) groups excluding carboxylic acids is 1. The van der Waals surface area contributed by atoms with Gasteiger partial charge in [0, 0.05) is 18.2 Å². The van der Waals surface area contributed by atoms with Crippen molar-refractivity contribution in [3.05, 3.63) is 23.3 Å². The molecule has 0 spiro atoms. The van der Waals surface area contributed by atoms with Crippen LogP contribution < -0.4 is 5.32 Å². The number of rotatable bonds is 5. The van der Waals surface area contributed by atoms with Crippen LogP contribution in [0.2, 0.25) is 0 Å². The summed E-state index contributed by atoms with van der Waals surface area (Å²) in [6.07, 6.45) is 3.54. The van der Waals surface area contributed by atoms with Crippen molar-refractivity contribution in [1.29, 1.82) is 5.26 Å². The summed E-state index contributed by atoms with van der Waals surface area (Å²) >= 11 is 0. The first-order chi connectivity index (χ1) is 7.97. The summed E-state index contributed by atoms with van der Waals surface area (Å²) < 4.78 is 0. The summed E-state index contributed by atoms with van der Waals surface area (Å²) in [6, 6.07) is 2.03. The topological polar surface area (TPSA) is 52.9 Å². The maximum Gasteiger partial charge on any atom is 0.257 e. The van der Waals surface area contributed by atoms with Gasteiger partial charge in [0.1, 0.15) is 6.07 Å². The summed E-state index contributed by atoms with van der Waals surface area (Å²) in [6.45, 7) is 12.6. The second kappa shape index (κ2) is 11.1. The average molecular weight is 236 g/mol. The molecule has 0 amide bonds. The van der Waals surface area contributed by atoms with E-state index in [0.29, 0.717) is 11.6 Å². The fraction of sp³-hybridized carbons (Fsp3) is 0.571. The van der Waals surface area contributed by atoms with E-state index in [2.05, 4.69) is 19.2 Å². The monoisotopic (exact) mass is 236 g/mol. The molecule has 0 bridgehead atoms. The molecule has 3 heteroatoms. The Morgan fingerprint density at radius 3 is 2.24 bits per heavy atom. The molecule has 0 saturated heterocycles. The molecule has 0 radical (unpaired) electrons. The summed E-state index contributed by atoms with van der Waals surface area (Å²) in [4.78, 5) is 10.9. The summed E-state index contributed by atoms with van der Waals surface area (Å²) in [7, 11) is 0. The van der Waals surface area contributed by atoms with Crippen LogP contribution in [0.5, 0.6) is 0 Å². The van der Waals surface area contributed by atoms with Gasteiger partial charge in [-0.25, -0.2) is 0 Å². The molecule has 0 aliphatic rings. The Morgan fingerprint density at radius 2 is 1.82 bits per heavy atom. The Bertz CT molecular complexity index is 320. The van der Waals surface area contributed by atoms with E-state index in [0.717, 1.165) is 12.1 Å². The maximum atomic E-state index is 10.9. The second-order valence-electron chi connectivity index (χ2n) is 3.84. The zero-order valence-electron chi connectivity index (χ0n) is 11.8. The van der Waals surface area contributed by atoms with E-state index in [9.17, 15) is 4.79 Å². The average Bonchev–Trinajstić information content (AvgIpc) is 2.34. The third-order valence-electron chi connectivity index (χ3n) is 1.87. The molecule has 0 aromatic heterocycles. The minimum Gasteiger partial charge on any atom is -0.311 e. The number of Topliss-reactive ketones (excluding diaryl/α,β-unsaturated/α-hetero) is 1. The summed E-state index contributed by atoms with van der Waals surface area (Å²) in [5, 5.41) is 11.6. The number of allylic oxidation sites excluding steroid dienone is 3. The lowest BCUT2D eigenvalue weighted by atomic mass is 10.1. The van der Waals surface area contributed by atoms with Gasteiger partial charge in [0.2, 0.25) is 0 Å². The third-order valence-corrected chi connectivity index (χ3v) is 1.87. The highest BCUT2D eigenvalue weighted by Gasteiger charge is 1.99. The van der Waals surface area contributed by atoms with Crippen LogP contribution in [0.3, 0.4) is 0 Å². The van der Waals surface area contributed by atoms with Gasteiger partial charge in [0.25, 0.3) is 5.78 Å². The predicted molar refractivity (Wildman–Crippen MR) is 72.6 cm³/mol. The van der Waals surface area contributed by atoms with E-state index in [1.54, 1.807) is 19.1 Å². The zero-order valence-corrected chi connectivity index (χ0v) is 11.8. The molecule has 1 N–H and O–H groups in total. The van der Waals surface area contributed by atoms with Gasteiger partial charge in [-0.2, -0.15) is 5.26 Å². The van der Waals surface area contributed by atoms with Crippen LogP contribution >= 0.6 is 0 Å². The molecule has 0 atom stereocenters. The Labute approximate surface area is 105 Å². The molecule has 0 heterocycles. The first-order valence-corrected chi connectivity index (χ1v) is 5.99. The van der Waals surface area contributed by atoms with E-state index in [1.807, 2.05) is 26.8 Å². The molecule has 0 aliphatic carbocycles. The van der Waals surface area contributed by atoms with Crippen molar-refractivity contribution in [2.45, 2.75) is 47.6 Å². The van der Waals surface area contributed by atoms with Crippen LogP contribution in [0.25, 0.3) is 0 Å². The quantitative estimate of drug-likeness (QED) is 0.453. The first-order valence-electron chi connectivity index (χ1n) is 5.99. The van der Waals surface area contributed by atoms with Crippen molar-refractivity contribution < 1.29 is 4.79 Å². The molecule has 0 unspecified atom stereocenters. The van der Waals surface area contributed by atoms with Gasteiger partial charge in [-0.3, -0.25) is 4.79 Å². The lowest BCUT2D eigenvalue weighted by molar-refractivity contribution is -0.110. The van der Waals surface area contributed by atoms with Crippen molar-refractivity contribution >= 4 is 5.78 Å². The van der Waals surface area contributed by atoms with Gasteiger partial charge in [0.05, 0.1) is 0 Å². The number of hydrogen-bond acceptors (Lipinski definition) is 3. The fourth-order valence-electron chi connectivity index (χ4n) is 0.855. The van der Waals surface area contributed by atoms with Crippen molar-refractivity contribution in [2.24, 2.45) is 0 Å². The number of nitrogens with one attached hydrogen (secondary N) is 1. The number of nitriles is 1. The molecule has 0 aromatic rings. The van der Waals surface area contributed by atoms with Crippen molar-refractivity contribution in [1.82, 2.24) is 5.32 Å². The largest absolute Gasteiger partial charge is 0.311 e. The minimum absolute atomic E-state index is 0.444. The smallest absolute Gasteiger partial charge is 0.257 e. The molecule has 0 aromatic carbocycles. The Kier molecular flexibility index (Phi) is 11.7. The number of ketones is 1. The molecule has 0 fully saturated rings. The second-order valence-corrected chi connectivity index (χ2v) is 3.84. The minimum atomic E-state index is -0.476. The number of nitrogens with zero attached hydrogens (tertiary/aromatic N) is 1. The highest BCUT2D eigenvalue weighted by molar-refractivity contribution is 6.06. The number of carbonyl (C=O) groups is 1. The predicted octanol–water partition coefficient (Wildman–Crippen LogP) is 3.00. The van der Waals surface area contributed by atoms with Crippen molar-refractivity contribution in [3.63, 3.8) is 0 Å². The van der Waals surface area contributed by atoms with E-state index in [-0.39, 0.29) is 0 Å². The summed E-state index contributed by atoms with van der Waals surface area (Å²) in [5.41, 5.74) is 1.61. The van der Waals surface area contributed by atoms with Gasteiger partial charge in [-0.1, -0.05) is 45.4 Å². The first kappa shape index (κ1) is 18.0. The third kappa shape index (κ3) is 10.9. The Hall–Kier alpha value is -1.40. The highest BCUT2D eigenvalue weighted by Crippen LogP contribution is 1.98. The van der Waals surface area contributed by atoms with Crippen LogP contribution in [-0.2, 0) is 4.79 Å². The molecule has 96 valence electrons. The van der Waals surface area contributed by atoms with Gasteiger partial charge in [-0.05, 0) is 13.8 Å². The van der Waals surface area contributed by atoms with Crippen molar-refractivity contribution in [3.8, 4) is 6.07 Å². The molecule has 0 aliphatic heterocycles. The van der Waals surface area contributed by atoms with E-state index < -0.39 is 5.78 Å². The lowest BCUT2D eigenvalue weighted by Crippen LogP contribution is -2.24. The van der Waals surface area contributed by atoms with E-state index in [1.165, 1.54) is 0 Å². The summed E-state index contributed by atoms with van der Waals surface area (Å²) in [5.74, 6) is -0.476. The standard InChI is InChI=1S/C12H18N2O.C2H6/c1-9(2)14-8-10(3)5-6-11(4)12(15)7-13;1-2/h5-6,9,14H,8H2,1-4H3;1-2H3/b10-5+,11-6+;. The SMILES string of the molecule is C/C(=C\C=C(/C)C(=O)C#N)CNC(C)C.CC. The Balaban J connectivity index is 0. The van der Waals surface area contributed by atoms with Crippen LogP contribution in [0.15, 0.2) is 23.3 Å². The molecular weight excluding hydrogens is 212 g/mol. The molecule has 0 rings (SSSR count). The molecule has 3 nitrogen and oxygen atoms in total. The Morgan fingerprint density at radius 1 is 1.29 bits per heavy atom. The van der Waals surface area contributed by atoms with Gasteiger partial charge in [-0.15, -0.1) is 0 Å². The van der Waals surface area contributed by atoms with Gasteiger partial charge >= 0.3 is 0 Å². The van der Waals surface area contributed by atoms with Crippen LogP contribution in [0.4, 0.5) is 0 Å². The van der Waals surface area contributed by atoms with Gasteiger partial charge < -0.3 is 5.32 Å². The lowest BCUT2D eigenvalue weighted by Gasteiger charge is -2.07. The zero-order chi connectivity index (χ0) is 13.8.